The van der Waals surface area contributed by atoms with Crippen LogP contribution < -0.4 is 5.32 Å². The molecule has 2 unspecified atom stereocenters. The molecular weight excluding hydrogens is 332 g/mol. The average Bonchev–Trinajstić information content (AvgIpc) is 2.67. The quantitative estimate of drug-likeness (QED) is 0.787. The topological polar surface area (TPSA) is 87.6 Å². The van der Waals surface area contributed by atoms with Crippen LogP contribution in [0.1, 0.15) is 29.4 Å². The van der Waals surface area contributed by atoms with E-state index >= 15 is 0 Å². The van der Waals surface area contributed by atoms with Crippen LogP contribution in [-0.2, 0) is 11.3 Å². The lowest BCUT2D eigenvalue weighted by atomic mass is 10.1. The molecule has 7 heteroatoms. The van der Waals surface area contributed by atoms with Crippen LogP contribution in [0.25, 0.3) is 0 Å². The Balaban J connectivity index is 1.60. The number of ether oxygens (including phenoxy) is 1. The first kappa shape index (κ1) is 18.3. The molecule has 0 saturated carbocycles. The number of aromatic nitrogens is 2. The van der Waals surface area contributed by atoms with Crippen molar-refractivity contribution in [1.82, 2.24) is 14.9 Å². The number of rotatable bonds is 7. The molecule has 0 radical (unpaired) electrons. The zero-order valence-electron chi connectivity index (χ0n) is 14.8. The highest BCUT2D eigenvalue weighted by atomic mass is 16.5. The van der Waals surface area contributed by atoms with E-state index in [1.54, 1.807) is 0 Å². The number of anilines is 1. The van der Waals surface area contributed by atoms with E-state index in [2.05, 4.69) is 51.4 Å². The summed E-state index contributed by atoms with van der Waals surface area (Å²) in [6.07, 6.45) is 3.63. The third kappa shape index (κ3) is 4.77. The molecule has 0 amide bonds. The second-order valence-electron chi connectivity index (χ2n) is 6.38. The number of benzene rings is 1. The first-order chi connectivity index (χ1) is 12.7. The molecular formula is C19H24N4O3. The van der Waals surface area contributed by atoms with E-state index in [1.807, 2.05) is 6.07 Å². The van der Waals surface area contributed by atoms with E-state index in [1.165, 1.54) is 18.0 Å². The van der Waals surface area contributed by atoms with Crippen molar-refractivity contribution in [3.63, 3.8) is 0 Å². The number of nitrogens with one attached hydrogen (secondary N) is 1. The Morgan fingerprint density at radius 1 is 1.35 bits per heavy atom. The van der Waals surface area contributed by atoms with Crippen molar-refractivity contribution < 1.29 is 14.6 Å². The molecule has 2 atom stereocenters. The number of nitrogens with zero attached hydrogens (tertiary/aromatic N) is 3. The van der Waals surface area contributed by atoms with E-state index in [0.29, 0.717) is 12.4 Å². The molecule has 1 aromatic heterocycles. The fourth-order valence-electron chi connectivity index (χ4n) is 3.12. The third-order valence-electron chi connectivity index (χ3n) is 4.52. The monoisotopic (exact) mass is 356 g/mol. The van der Waals surface area contributed by atoms with Crippen LogP contribution in [0.4, 0.5) is 5.82 Å². The zero-order valence-corrected chi connectivity index (χ0v) is 14.8. The van der Waals surface area contributed by atoms with Crippen molar-refractivity contribution >= 4 is 11.8 Å². The van der Waals surface area contributed by atoms with E-state index < -0.39 is 5.97 Å². The highest BCUT2D eigenvalue weighted by Gasteiger charge is 2.27. The predicted octanol–water partition coefficient (Wildman–Crippen LogP) is 2.27. The lowest BCUT2D eigenvalue weighted by Gasteiger charge is -2.37. The fraction of sp³-hybridized carbons (Fsp3) is 0.421. The summed E-state index contributed by atoms with van der Waals surface area (Å²) in [6, 6.07) is 10.5. The molecule has 1 fully saturated rings. The molecule has 1 aliphatic rings. The van der Waals surface area contributed by atoms with Crippen LogP contribution in [0.3, 0.4) is 0 Å². The molecule has 7 nitrogen and oxygen atoms in total. The SMILES string of the molecule is CCC(Nc1cnc(C(=O)O)cn1)C1CN(Cc2ccccc2)CCO1. The number of morpholine rings is 1. The number of carbonyl (C=O) groups is 1. The molecule has 1 aromatic carbocycles. The van der Waals surface area contributed by atoms with Gasteiger partial charge in [-0.05, 0) is 12.0 Å². The van der Waals surface area contributed by atoms with Crippen molar-refractivity contribution in [1.29, 1.82) is 0 Å². The van der Waals surface area contributed by atoms with Gasteiger partial charge in [0.1, 0.15) is 5.82 Å². The largest absolute Gasteiger partial charge is 0.476 e. The van der Waals surface area contributed by atoms with Crippen molar-refractivity contribution in [3.05, 3.63) is 54.0 Å². The normalized spacial score (nSPS) is 19.0. The van der Waals surface area contributed by atoms with Gasteiger partial charge >= 0.3 is 5.97 Å². The number of carboxylic acid groups (broad SMARTS) is 1. The maximum atomic E-state index is 10.9. The lowest BCUT2D eigenvalue weighted by molar-refractivity contribution is -0.0403. The van der Waals surface area contributed by atoms with Crippen LogP contribution in [-0.4, -0.2) is 57.8 Å². The van der Waals surface area contributed by atoms with Gasteiger partial charge in [-0.1, -0.05) is 37.3 Å². The Morgan fingerprint density at radius 3 is 2.81 bits per heavy atom. The van der Waals surface area contributed by atoms with Gasteiger partial charge in [-0.15, -0.1) is 0 Å². The first-order valence-corrected chi connectivity index (χ1v) is 8.85. The van der Waals surface area contributed by atoms with Crippen LogP contribution >= 0.6 is 0 Å². The second-order valence-corrected chi connectivity index (χ2v) is 6.38. The molecule has 0 spiro atoms. The van der Waals surface area contributed by atoms with Crippen molar-refractivity contribution in [2.45, 2.75) is 32.0 Å². The molecule has 138 valence electrons. The molecule has 1 saturated heterocycles. The summed E-state index contributed by atoms with van der Waals surface area (Å²) in [4.78, 5) is 21.3. The minimum Gasteiger partial charge on any atom is -0.476 e. The first-order valence-electron chi connectivity index (χ1n) is 8.85. The van der Waals surface area contributed by atoms with E-state index in [4.69, 9.17) is 9.84 Å². The number of hydrogen-bond donors (Lipinski definition) is 2. The minimum absolute atomic E-state index is 0.0402. The van der Waals surface area contributed by atoms with E-state index in [9.17, 15) is 4.79 Å². The van der Waals surface area contributed by atoms with Crippen molar-refractivity contribution in [2.24, 2.45) is 0 Å². The summed E-state index contributed by atoms with van der Waals surface area (Å²) in [5.74, 6) is -0.520. The van der Waals surface area contributed by atoms with Crippen LogP contribution in [0.5, 0.6) is 0 Å². The molecule has 2 N–H and O–H groups in total. The van der Waals surface area contributed by atoms with Crippen LogP contribution in [0.2, 0.25) is 0 Å². The van der Waals surface area contributed by atoms with Gasteiger partial charge in [0, 0.05) is 19.6 Å². The van der Waals surface area contributed by atoms with E-state index in [-0.39, 0.29) is 17.8 Å². The zero-order chi connectivity index (χ0) is 18.4. The lowest BCUT2D eigenvalue weighted by Crippen LogP contribution is -2.49. The second kappa shape index (κ2) is 8.73. The molecule has 3 rings (SSSR count). The Hall–Kier alpha value is -2.51. The molecule has 0 bridgehead atoms. The van der Waals surface area contributed by atoms with Gasteiger partial charge < -0.3 is 15.2 Å². The summed E-state index contributed by atoms with van der Waals surface area (Å²) in [7, 11) is 0. The Bertz CT molecular complexity index is 708. The highest BCUT2D eigenvalue weighted by Crippen LogP contribution is 2.17. The molecule has 0 aliphatic carbocycles. The fourth-order valence-corrected chi connectivity index (χ4v) is 3.12. The summed E-state index contributed by atoms with van der Waals surface area (Å²) >= 11 is 0. The highest BCUT2D eigenvalue weighted by molar-refractivity contribution is 5.84. The third-order valence-corrected chi connectivity index (χ3v) is 4.52. The number of hydrogen-bond acceptors (Lipinski definition) is 6. The van der Waals surface area contributed by atoms with Gasteiger partial charge in [0.15, 0.2) is 5.69 Å². The number of carboxylic acids is 1. The smallest absolute Gasteiger partial charge is 0.356 e. The van der Waals surface area contributed by atoms with Crippen LogP contribution in [0.15, 0.2) is 42.7 Å². The Morgan fingerprint density at radius 2 is 2.15 bits per heavy atom. The van der Waals surface area contributed by atoms with Crippen molar-refractivity contribution in [2.75, 3.05) is 25.0 Å². The van der Waals surface area contributed by atoms with Crippen molar-refractivity contribution in [3.8, 4) is 0 Å². The standard InChI is InChI=1S/C19H24N4O3/c1-2-15(22-18-11-20-16(10-21-18)19(24)25)17-13-23(8-9-26-17)12-14-6-4-3-5-7-14/h3-7,10-11,15,17H,2,8-9,12-13H2,1H3,(H,21,22)(H,24,25). The van der Waals surface area contributed by atoms with Gasteiger partial charge in [0.25, 0.3) is 0 Å². The van der Waals surface area contributed by atoms with Gasteiger partial charge in [-0.2, -0.15) is 0 Å². The summed E-state index contributed by atoms with van der Waals surface area (Å²) in [6.45, 7) is 5.44. The number of aromatic carboxylic acids is 1. The molecule has 2 aromatic rings. The predicted molar refractivity (Wildman–Crippen MR) is 98.2 cm³/mol. The van der Waals surface area contributed by atoms with Gasteiger partial charge in [-0.25, -0.2) is 14.8 Å². The van der Waals surface area contributed by atoms with Gasteiger partial charge in [-0.3, -0.25) is 4.90 Å². The van der Waals surface area contributed by atoms with Crippen LogP contribution in [0, 0.1) is 0 Å². The average molecular weight is 356 g/mol. The maximum absolute atomic E-state index is 10.9. The molecule has 2 heterocycles. The molecule has 26 heavy (non-hydrogen) atoms. The van der Waals surface area contributed by atoms with Gasteiger partial charge in [0.2, 0.25) is 0 Å². The Kier molecular flexibility index (Phi) is 6.14. The Labute approximate surface area is 153 Å². The maximum Gasteiger partial charge on any atom is 0.356 e. The minimum atomic E-state index is -1.08. The summed E-state index contributed by atoms with van der Waals surface area (Å²) in [5.41, 5.74) is 1.23. The summed E-state index contributed by atoms with van der Waals surface area (Å²) < 4.78 is 5.99. The summed E-state index contributed by atoms with van der Waals surface area (Å²) in [5, 5.41) is 12.2. The van der Waals surface area contributed by atoms with Gasteiger partial charge in [0.05, 0.1) is 31.1 Å². The van der Waals surface area contributed by atoms with E-state index in [0.717, 1.165) is 26.1 Å². The molecule has 1 aliphatic heterocycles.